The predicted octanol–water partition coefficient (Wildman–Crippen LogP) is 3.68. The zero-order valence-electron chi connectivity index (χ0n) is 7.90. The first-order valence-electron chi connectivity index (χ1n) is 4.13. The van der Waals surface area contributed by atoms with E-state index in [2.05, 4.69) is 15.9 Å². The molecule has 3 heteroatoms. The van der Waals surface area contributed by atoms with Crippen LogP contribution in [0.3, 0.4) is 0 Å². The van der Waals surface area contributed by atoms with Crippen LogP contribution in [0.25, 0.3) is 0 Å². The van der Waals surface area contributed by atoms with Gasteiger partial charge in [0.05, 0.1) is 10.6 Å². The van der Waals surface area contributed by atoms with Crippen molar-refractivity contribution in [2.75, 3.05) is 0 Å². The van der Waals surface area contributed by atoms with Gasteiger partial charge in [-0.15, -0.1) is 0 Å². The van der Waals surface area contributed by atoms with Gasteiger partial charge >= 0.3 is 0 Å². The lowest BCUT2D eigenvalue weighted by Crippen LogP contribution is -2.07. The molecule has 1 nitrogen and oxygen atoms in total. The Morgan fingerprint density at radius 3 is 2.46 bits per heavy atom. The Morgan fingerprint density at radius 2 is 2.00 bits per heavy atom. The number of hydrogen-bond acceptors (Lipinski definition) is 1. The summed E-state index contributed by atoms with van der Waals surface area (Å²) in [5, 5.41) is 0. The molecule has 0 atom stereocenters. The first kappa shape index (κ1) is 10.5. The fourth-order valence-electron chi connectivity index (χ4n) is 1.03. The molecule has 0 spiro atoms. The molecular weight excluding hydrogens is 235 g/mol. The van der Waals surface area contributed by atoms with Crippen molar-refractivity contribution in [3.05, 3.63) is 28.0 Å². The highest BCUT2D eigenvalue weighted by Gasteiger charge is 2.10. The van der Waals surface area contributed by atoms with E-state index in [9.17, 15) is 4.39 Å². The molecule has 0 heterocycles. The van der Waals surface area contributed by atoms with E-state index in [1.807, 2.05) is 26.8 Å². The third-order valence-corrected chi connectivity index (χ3v) is 2.09. The summed E-state index contributed by atoms with van der Waals surface area (Å²) in [4.78, 5) is 0. The van der Waals surface area contributed by atoms with Gasteiger partial charge in [0.25, 0.3) is 0 Å². The van der Waals surface area contributed by atoms with Crippen LogP contribution in [-0.2, 0) is 0 Å². The van der Waals surface area contributed by atoms with Crippen LogP contribution in [-0.4, -0.2) is 6.10 Å². The molecular formula is C10H12BrFO. The van der Waals surface area contributed by atoms with E-state index in [1.165, 1.54) is 6.07 Å². The fraction of sp³-hybridized carbons (Fsp3) is 0.400. The SMILES string of the molecule is Cc1cc(F)c(OC(C)C)c(Br)c1. The maximum absolute atomic E-state index is 13.3. The summed E-state index contributed by atoms with van der Waals surface area (Å²) in [6.07, 6.45) is -0.0199. The lowest BCUT2D eigenvalue weighted by molar-refractivity contribution is 0.229. The minimum absolute atomic E-state index is 0.0199. The fourth-order valence-corrected chi connectivity index (χ4v) is 1.68. The van der Waals surface area contributed by atoms with Gasteiger partial charge in [-0.3, -0.25) is 0 Å². The second-order valence-electron chi connectivity index (χ2n) is 3.22. The molecule has 0 amide bonds. The van der Waals surface area contributed by atoms with Crippen molar-refractivity contribution in [2.24, 2.45) is 0 Å². The monoisotopic (exact) mass is 246 g/mol. The average Bonchev–Trinajstić information content (AvgIpc) is 1.96. The summed E-state index contributed by atoms with van der Waals surface area (Å²) >= 11 is 3.26. The number of aryl methyl sites for hydroxylation is 1. The largest absolute Gasteiger partial charge is 0.487 e. The first-order valence-corrected chi connectivity index (χ1v) is 4.92. The molecule has 1 rings (SSSR count). The second kappa shape index (κ2) is 4.09. The lowest BCUT2D eigenvalue weighted by Gasteiger charge is -2.12. The normalized spacial score (nSPS) is 10.6. The summed E-state index contributed by atoms with van der Waals surface area (Å²) in [7, 11) is 0. The number of ether oxygens (including phenoxy) is 1. The van der Waals surface area contributed by atoms with Crippen LogP contribution in [0.1, 0.15) is 19.4 Å². The Bertz CT molecular complexity index is 287. The molecule has 0 saturated carbocycles. The summed E-state index contributed by atoms with van der Waals surface area (Å²) in [6.45, 7) is 5.57. The van der Waals surface area contributed by atoms with Crippen molar-refractivity contribution < 1.29 is 9.13 Å². The van der Waals surface area contributed by atoms with Crippen LogP contribution in [0.2, 0.25) is 0 Å². The number of halogens is 2. The number of hydrogen-bond donors (Lipinski definition) is 0. The van der Waals surface area contributed by atoms with E-state index in [0.29, 0.717) is 10.2 Å². The Balaban J connectivity index is 3.06. The summed E-state index contributed by atoms with van der Waals surface area (Å²) in [5.74, 6) is -0.0267. The Labute approximate surface area is 86.0 Å². The molecule has 0 unspecified atom stereocenters. The number of benzene rings is 1. The van der Waals surface area contributed by atoms with Gasteiger partial charge < -0.3 is 4.74 Å². The second-order valence-corrected chi connectivity index (χ2v) is 4.08. The van der Waals surface area contributed by atoms with Gasteiger partial charge in [-0.2, -0.15) is 0 Å². The first-order chi connectivity index (χ1) is 6.00. The Morgan fingerprint density at radius 1 is 1.38 bits per heavy atom. The van der Waals surface area contributed by atoms with Crippen LogP contribution in [0.5, 0.6) is 5.75 Å². The molecule has 0 aliphatic rings. The highest BCUT2D eigenvalue weighted by atomic mass is 79.9. The van der Waals surface area contributed by atoms with Crippen LogP contribution in [0, 0.1) is 12.7 Å². The van der Waals surface area contributed by atoms with Crippen molar-refractivity contribution in [1.29, 1.82) is 0 Å². The third-order valence-electron chi connectivity index (χ3n) is 1.50. The Kier molecular flexibility index (Phi) is 3.31. The maximum atomic E-state index is 13.3. The molecule has 1 aromatic rings. The van der Waals surface area contributed by atoms with Crippen LogP contribution in [0.4, 0.5) is 4.39 Å². The molecule has 0 aliphatic heterocycles. The molecule has 0 N–H and O–H groups in total. The van der Waals surface area contributed by atoms with Gasteiger partial charge in [-0.1, -0.05) is 0 Å². The molecule has 0 aliphatic carbocycles. The van der Waals surface area contributed by atoms with E-state index in [-0.39, 0.29) is 11.9 Å². The van der Waals surface area contributed by atoms with Gasteiger partial charge in [-0.25, -0.2) is 4.39 Å². The number of rotatable bonds is 2. The van der Waals surface area contributed by atoms with E-state index in [0.717, 1.165) is 5.56 Å². The minimum Gasteiger partial charge on any atom is -0.487 e. The van der Waals surface area contributed by atoms with Crippen molar-refractivity contribution >= 4 is 15.9 Å². The molecule has 13 heavy (non-hydrogen) atoms. The molecule has 0 bridgehead atoms. The topological polar surface area (TPSA) is 9.23 Å². The zero-order valence-corrected chi connectivity index (χ0v) is 9.48. The van der Waals surface area contributed by atoms with Gasteiger partial charge in [0.1, 0.15) is 0 Å². The van der Waals surface area contributed by atoms with Crippen LogP contribution >= 0.6 is 15.9 Å². The standard InChI is InChI=1S/C10H12BrFO/c1-6(2)13-10-8(11)4-7(3)5-9(10)12/h4-6H,1-3H3. The zero-order chi connectivity index (χ0) is 10.0. The lowest BCUT2D eigenvalue weighted by atomic mass is 10.2. The quantitative estimate of drug-likeness (QED) is 0.774. The smallest absolute Gasteiger partial charge is 0.169 e. The van der Waals surface area contributed by atoms with Gasteiger partial charge in [0.15, 0.2) is 11.6 Å². The highest BCUT2D eigenvalue weighted by Crippen LogP contribution is 2.30. The third kappa shape index (κ3) is 2.69. The maximum Gasteiger partial charge on any atom is 0.169 e. The van der Waals surface area contributed by atoms with Crippen LogP contribution in [0.15, 0.2) is 16.6 Å². The summed E-state index contributed by atoms with van der Waals surface area (Å²) in [5.41, 5.74) is 0.875. The van der Waals surface area contributed by atoms with E-state index >= 15 is 0 Å². The van der Waals surface area contributed by atoms with E-state index < -0.39 is 0 Å². The predicted molar refractivity (Wildman–Crippen MR) is 54.6 cm³/mol. The van der Waals surface area contributed by atoms with Crippen LogP contribution < -0.4 is 4.74 Å². The van der Waals surface area contributed by atoms with Gasteiger partial charge in [0.2, 0.25) is 0 Å². The van der Waals surface area contributed by atoms with Gasteiger partial charge in [-0.05, 0) is 54.4 Å². The van der Waals surface area contributed by atoms with E-state index in [4.69, 9.17) is 4.74 Å². The van der Waals surface area contributed by atoms with E-state index in [1.54, 1.807) is 0 Å². The van der Waals surface area contributed by atoms with Gasteiger partial charge in [0, 0.05) is 0 Å². The molecule has 1 aromatic carbocycles. The van der Waals surface area contributed by atoms with Crippen molar-refractivity contribution in [2.45, 2.75) is 26.9 Å². The summed E-state index contributed by atoms with van der Waals surface area (Å²) in [6, 6.07) is 3.29. The molecule has 0 fully saturated rings. The van der Waals surface area contributed by atoms with Crippen molar-refractivity contribution in [1.82, 2.24) is 0 Å². The molecule has 72 valence electrons. The van der Waals surface area contributed by atoms with Crippen molar-refractivity contribution in [3.8, 4) is 5.75 Å². The molecule has 0 radical (unpaired) electrons. The average molecular weight is 247 g/mol. The summed E-state index contributed by atoms with van der Waals surface area (Å²) < 4.78 is 19.3. The molecule has 0 saturated heterocycles. The Hall–Kier alpha value is -0.570. The minimum atomic E-state index is -0.319. The highest BCUT2D eigenvalue weighted by molar-refractivity contribution is 9.10. The molecule has 0 aromatic heterocycles. The van der Waals surface area contributed by atoms with Crippen molar-refractivity contribution in [3.63, 3.8) is 0 Å².